The van der Waals surface area contributed by atoms with Crippen LogP contribution in [0.5, 0.6) is 23.0 Å². The van der Waals surface area contributed by atoms with Crippen LogP contribution in [0.25, 0.3) is 0 Å². The van der Waals surface area contributed by atoms with E-state index in [4.69, 9.17) is 14.2 Å². The Kier molecular flexibility index (Phi) is 5.41. The van der Waals surface area contributed by atoms with E-state index >= 15 is 0 Å². The number of benzene rings is 2. The Hall–Kier alpha value is -2.05. The predicted molar refractivity (Wildman–Crippen MR) is 84.3 cm³/mol. The van der Waals surface area contributed by atoms with Crippen molar-refractivity contribution in [3.8, 4) is 23.0 Å². The molecule has 2 aromatic carbocycles. The second-order valence-corrected chi connectivity index (χ2v) is 5.97. The standard InChI is InChI=1S/C16H18O5S/c1-19-14-8-11(9-15(20-2)16(14)21-3)10-22(18)13-6-4-12(17)5-7-13/h4-9,17H,10H2,1-3H3. The van der Waals surface area contributed by atoms with Gasteiger partial charge in [0.15, 0.2) is 16.4 Å². The lowest BCUT2D eigenvalue weighted by atomic mass is 10.2. The van der Waals surface area contributed by atoms with Gasteiger partial charge in [-0.3, -0.25) is 0 Å². The molecule has 0 fully saturated rings. The van der Waals surface area contributed by atoms with Gasteiger partial charge in [-0.25, -0.2) is 0 Å². The molecule has 6 heteroatoms. The van der Waals surface area contributed by atoms with Gasteiger partial charge in [0.25, 0.3) is 0 Å². The summed E-state index contributed by atoms with van der Waals surface area (Å²) in [7, 11) is 4.62. The number of rotatable bonds is 6. The Labute approximate surface area is 132 Å². The summed E-state index contributed by atoms with van der Waals surface area (Å²) in [6.07, 6.45) is 0. The maximum atomic E-state index is 12.4. The minimum atomic E-state index is -1.23. The number of phenols is 1. The lowest BCUT2D eigenvalue weighted by Gasteiger charge is -2.15. The zero-order valence-corrected chi connectivity index (χ0v) is 13.5. The van der Waals surface area contributed by atoms with Crippen molar-refractivity contribution in [2.24, 2.45) is 0 Å². The molecular formula is C16H18O5S. The molecule has 22 heavy (non-hydrogen) atoms. The average Bonchev–Trinajstić information content (AvgIpc) is 2.54. The van der Waals surface area contributed by atoms with Crippen LogP contribution in [0.3, 0.4) is 0 Å². The summed E-state index contributed by atoms with van der Waals surface area (Å²) in [5.74, 6) is 2.01. The monoisotopic (exact) mass is 322 g/mol. The molecular weight excluding hydrogens is 304 g/mol. The first-order chi connectivity index (χ1) is 10.6. The third-order valence-electron chi connectivity index (χ3n) is 3.12. The predicted octanol–water partition coefficient (Wildman–Crippen LogP) is 2.73. The lowest BCUT2D eigenvalue weighted by Crippen LogP contribution is -2.06. The summed E-state index contributed by atoms with van der Waals surface area (Å²) in [4.78, 5) is 0.645. The highest BCUT2D eigenvalue weighted by atomic mass is 32.2. The van der Waals surface area contributed by atoms with Crippen LogP contribution in [0, 0.1) is 0 Å². The fourth-order valence-electron chi connectivity index (χ4n) is 2.05. The number of ether oxygens (including phenoxy) is 3. The third kappa shape index (κ3) is 3.58. The minimum absolute atomic E-state index is 0.147. The van der Waals surface area contributed by atoms with E-state index in [2.05, 4.69) is 0 Å². The molecule has 0 aliphatic rings. The van der Waals surface area contributed by atoms with Crippen molar-refractivity contribution in [2.45, 2.75) is 10.6 Å². The van der Waals surface area contributed by atoms with Crippen LogP contribution >= 0.6 is 0 Å². The molecule has 0 bridgehead atoms. The van der Waals surface area contributed by atoms with E-state index < -0.39 is 11.2 Å². The van der Waals surface area contributed by atoms with Crippen LogP contribution in [0.2, 0.25) is 0 Å². The molecule has 5 nitrogen and oxygen atoms in total. The smallest absolute Gasteiger partial charge is 0.203 e. The molecule has 1 atom stereocenters. The van der Waals surface area contributed by atoms with Crippen molar-refractivity contribution in [2.75, 3.05) is 21.3 Å². The minimum Gasteiger partial charge on any atom is -0.611 e. The van der Waals surface area contributed by atoms with Crippen LogP contribution in [-0.2, 0) is 16.9 Å². The quantitative estimate of drug-likeness (QED) is 0.828. The zero-order chi connectivity index (χ0) is 16.1. The van der Waals surface area contributed by atoms with Gasteiger partial charge in [0.2, 0.25) is 5.75 Å². The van der Waals surface area contributed by atoms with Crippen molar-refractivity contribution < 1.29 is 23.9 Å². The largest absolute Gasteiger partial charge is 0.611 e. The van der Waals surface area contributed by atoms with E-state index in [9.17, 15) is 9.66 Å². The molecule has 0 amide bonds. The number of hydrogen-bond acceptors (Lipinski definition) is 5. The average molecular weight is 322 g/mol. The van der Waals surface area contributed by atoms with Crippen molar-refractivity contribution >= 4 is 11.2 Å². The normalized spacial score (nSPS) is 11.8. The number of phenolic OH excluding ortho intramolecular Hbond substituents is 1. The molecule has 0 aliphatic heterocycles. The summed E-state index contributed by atoms with van der Waals surface area (Å²) in [6, 6.07) is 9.87. The Morgan fingerprint density at radius 2 is 1.50 bits per heavy atom. The van der Waals surface area contributed by atoms with Gasteiger partial charge in [0, 0.05) is 5.56 Å². The van der Waals surface area contributed by atoms with Gasteiger partial charge in [0.1, 0.15) is 11.5 Å². The first-order valence-electron chi connectivity index (χ1n) is 6.55. The summed E-state index contributed by atoms with van der Waals surface area (Å²) < 4.78 is 28.2. The molecule has 0 heterocycles. The van der Waals surface area contributed by atoms with Crippen LogP contribution in [0.4, 0.5) is 0 Å². The summed E-state index contributed by atoms with van der Waals surface area (Å²) in [6.45, 7) is 0. The van der Waals surface area contributed by atoms with E-state index in [1.165, 1.54) is 33.5 Å². The van der Waals surface area contributed by atoms with E-state index in [-0.39, 0.29) is 5.75 Å². The first kappa shape index (κ1) is 16.3. The number of hydrogen-bond donors (Lipinski definition) is 1. The Morgan fingerprint density at radius 1 is 0.955 bits per heavy atom. The maximum Gasteiger partial charge on any atom is 0.203 e. The first-order valence-corrected chi connectivity index (χ1v) is 7.87. The van der Waals surface area contributed by atoms with Gasteiger partial charge in [-0.2, -0.15) is 0 Å². The highest BCUT2D eigenvalue weighted by molar-refractivity contribution is 7.90. The Bertz CT molecular complexity index is 602. The highest BCUT2D eigenvalue weighted by Crippen LogP contribution is 2.38. The molecule has 0 aromatic heterocycles. The van der Waals surface area contributed by atoms with Crippen molar-refractivity contribution in [1.29, 1.82) is 0 Å². The summed E-state index contributed by atoms with van der Waals surface area (Å²) in [5.41, 5.74) is 0.806. The molecule has 1 N–H and O–H groups in total. The van der Waals surface area contributed by atoms with Gasteiger partial charge in [-0.1, -0.05) is 0 Å². The van der Waals surface area contributed by atoms with Crippen LogP contribution in [0.15, 0.2) is 41.3 Å². The van der Waals surface area contributed by atoms with Gasteiger partial charge >= 0.3 is 0 Å². The summed E-state index contributed by atoms with van der Waals surface area (Å²) in [5, 5.41) is 9.28. The third-order valence-corrected chi connectivity index (χ3v) is 4.52. The lowest BCUT2D eigenvalue weighted by molar-refractivity contribution is 0.324. The van der Waals surface area contributed by atoms with Crippen molar-refractivity contribution in [3.05, 3.63) is 42.0 Å². The van der Waals surface area contributed by atoms with Crippen LogP contribution in [-0.4, -0.2) is 31.0 Å². The molecule has 2 rings (SSSR count). The van der Waals surface area contributed by atoms with Gasteiger partial charge in [0.05, 0.1) is 21.3 Å². The molecule has 0 spiro atoms. The van der Waals surface area contributed by atoms with Crippen LogP contribution < -0.4 is 14.2 Å². The second kappa shape index (κ2) is 7.29. The molecule has 2 aromatic rings. The molecule has 1 unspecified atom stereocenters. The summed E-state index contributed by atoms with van der Waals surface area (Å²) >= 11 is -1.23. The molecule has 0 radical (unpaired) electrons. The number of aromatic hydroxyl groups is 1. The van der Waals surface area contributed by atoms with Crippen molar-refractivity contribution in [3.63, 3.8) is 0 Å². The van der Waals surface area contributed by atoms with Gasteiger partial charge in [-0.15, -0.1) is 0 Å². The van der Waals surface area contributed by atoms with E-state index in [0.717, 1.165) is 5.56 Å². The Balaban J connectivity index is 2.27. The van der Waals surface area contributed by atoms with Gasteiger partial charge < -0.3 is 23.9 Å². The molecule has 0 aliphatic carbocycles. The number of methoxy groups -OCH3 is 3. The van der Waals surface area contributed by atoms with Gasteiger partial charge in [-0.05, 0) is 47.6 Å². The SMILES string of the molecule is COc1cc(C[S+]([O-])c2ccc(O)cc2)cc(OC)c1OC. The highest BCUT2D eigenvalue weighted by Gasteiger charge is 2.18. The molecule has 0 saturated heterocycles. The van der Waals surface area contributed by atoms with E-state index in [0.29, 0.717) is 27.9 Å². The van der Waals surface area contributed by atoms with Crippen LogP contribution in [0.1, 0.15) is 5.56 Å². The Morgan fingerprint density at radius 3 is 1.95 bits per heavy atom. The van der Waals surface area contributed by atoms with E-state index in [1.807, 2.05) is 0 Å². The van der Waals surface area contributed by atoms with Crippen molar-refractivity contribution in [1.82, 2.24) is 0 Å². The second-order valence-electron chi connectivity index (χ2n) is 4.52. The molecule has 0 saturated carbocycles. The molecule has 118 valence electrons. The fourth-order valence-corrected chi connectivity index (χ4v) is 3.13. The maximum absolute atomic E-state index is 12.4. The topological polar surface area (TPSA) is 71.0 Å². The fraction of sp³-hybridized carbons (Fsp3) is 0.250. The zero-order valence-electron chi connectivity index (χ0n) is 12.7. The van der Waals surface area contributed by atoms with E-state index in [1.54, 1.807) is 24.3 Å².